The van der Waals surface area contributed by atoms with Crippen LogP contribution in [0.4, 0.5) is 5.69 Å². The number of hydrogen-bond donors (Lipinski definition) is 2. The van der Waals surface area contributed by atoms with Crippen molar-refractivity contribution >= 4 is 16.6 Å². The van der Waals surface area contributed by atoms with E-state index in [9.17, 15) is 0 Å². The van der Waals surface area contributed by atoms with Gasteiger partial charge in [0, 0.05) is 17.8 Å². The van der Waals surface area contributed by atoms with Crippen LogP contribution in [-0.2, 0) is 6.42 Å². The van der Waals surface area contributed by atoms with E-state index in [0.717, 1.165) is 24.2 Å². The molecule has 1 aromatic heterocycles. The summed E-state index contributed by atoms with van der Waals surface area (Å²) in [5.74, 6) is 0.587. The minimum atomic E-state index is 0.587. The van der Waals surface area contributed by atoms with E-state index in [-0.39, 0.29) is 0 Å². The maximum atomic E-state index is 7.24. The van der Waals surface area contributed by atoms with Crippen molar-refractivity contribution in [1.82, 2.24) is 10.3 Å². The molecule has 0 saturated heterocycles. The number of fused-ring (bicyclic) bond motifs is 1. The van der Waals surface area contributed by atoms with Crippen LogP contribution in [0.1, 0.15) is 36.3 Å². The summed E-state index contributed by atoms with van der Waals surface area (Å²) < 4.78 is 0. The van der Waals surface area contributed by atoms with Gasteiger partial charge in [0.25, 0.3) is 0 Å². The minimum Gasteiger partial charge on any atom is -0.361 e. The second-order valence-corrected chi connectivity index (χ2v) is 6.98. The van der Waals surface area contributed by atoms with Crippen molar-refractivity contribution < 1.29 is 0 Å². The van der Waals surface area contributed by atoms with Gasteiger partial charge in [-0.05, 0) is 66.8 Å². The molecular formula is C22H23N3. The first-order valence-electron chi connectivity index (χ1n) is 9.09. The number of H-pyrrole nitrogens is 1. The lowest BCUT2D eigenvalue weighted by atomic mass is 9.96. The molecule has 126 valence electrons. The highest BCUT2D eigenvalue weighted by Gasteiger charge is 2.27. The van der Waals surface area contributed by atoms with E-state index in [4.69, 9.17) is 6.57 Å². The first-order valence-corrected chi connectivity index (χ1v) is 9.09. The SMILES string of the molecule is [C-]#[N+]c1ccc2[nH]cc(C3CCC(NCCc4ccccc4)C3)c2c1. The van der Waals surface area contributed by atoms with Crippen LogP contribution in [0, 0.1) is 6.57 Å². The molecule has 25 heavy (non-hydrogen) atoms. The third-order valence-corrected chi connectivity index (χ3v) is 5.39. The third kappa shape index (κ3) is 3.45. The Bertz CT molecular complexity index is 889. The predicted octanol–water partition coefficient (Wildman–Crippen LogP) is 5.19. The van der Waals surface area contributed by atoms with Gasteiger partial charge in [0.15, 0.2) is 5.69 Å². The van der Waals surface area contributed by atoms with Gasteiger partial charge in [0.05, 0.1) is 6.57 Å². The molecule has 0 amide bonds. The van der Waals surface area contributed by atoms with Crippen molar-refractivity contribution in [3.05, 3.63) is 77.3 Å². The summed E-state index contributed by atoms with van der Waals surface area (Å²) in [6, 6.07) is 17.2. The summed E-state index contributed by atoms with van der Waals surface area (Å²) in [4.78, 5) is 6.95. The fraction of sp³-hybridized carbons (Fsp3) is 0.318. The Labute approximate surface area is 148 Å². The number of benzene rings is 2. The lowest BCUT2D eigenvalue weighted by molar-refractivity contribution is 0.521. The zero-order valence-electron chi connectivity index (χ0n) is 14.3. The van der Waals surface area contributed by atoms with Gasteiger partial charge in [0.1, 0.15) is 0 Å². The summed E-state index contributed by atoms with van der Waals surface area (Å²) in [6.07, 6.45) is 6.87. The fourth-order valence-corrected chi connectivity index (χ4v) is 4.05. The van der Waals surface area contributed by atoms with Gasteiger partial charge >= 0.3 is 0 Å². The number of rotatable bonds is 5. The molecule has 2 N–H and O–H groups in total. The Balaban J connectivity index is 1.38. The quantitative estimate of drug-likeness (QED) is 0.621. The molecule has 2 atom stereocenters. The van der Waals surface area contributed by atoms with E-state index in [1.54, 1.807) is 0 Å². The maximum absolute atomic E-state index is 7.24. The molecule has 3 heteroatoms. The molecule has 0 bridgehead atoms. The molecule has 3 aromatic rings. The second-order valence-electron chi connectivity index (χ2n) is 6.98. The summed E-state index contributed by atoms with van der Waals surface area (Å²) in [7, 11) is 0. The van der Waals surface area contributed by atoms with Crippen molar-refractivity contribution in [3.8, 4) is 0 Å². The van der Waals surface area contributed by atoms with E-state index >= 15 is 0 Å². The zero-order valence-corrected chi connectivity index (χ0v) is 14.3. The minimum absolute atomic E-state index is 0.587. The van der Waals surface area contributed by atoms with Crippen molar-refractivity contribution in [2.45, 2.75) is 37.6 Å². The Kier molecular flexibility index (Phi) is 4.54. The molecule has 0 spiro atoms. The van der Waals surface area contributed by atoms with Gasteiger partial charge in [-0.2, -0.15) is 0 Å². The topological polar surface area (TPSA) is 32.2 Å². The van der Waals surface area contributed by atoms with Crippen molar-refractivity contribution in [2.75, 3.05) is 6.54 Å². The molecule has 1 fully saturated rings. The summed E-state index contributed by atoms with van der Waals surface area (Å²) in [5.41, 5.74) is 4.65. The highest BCUT2D eigenvalue weighted by Crippen LogP contribution is 2.38. The van der Waals surface area contributed by atoms with Crippen LogP contribution in [0.5, 0.6) is 0 Å². The van der Waals surface area contributed by atoms with Gasteiger partial charge in [-0.15, -0.1) is 0 Å². The number of aromatic amines is 1. The average molecular weight is 329 g/mol. The summed E-state index contributed by atoms with van der Waals surface area (Å²) >= 11 is 0. The van der Waals surface area contributed by atoms with Gasteiger partial charge in [-0.25, -0.2) is 4.85 Å². The second kappa shape index (κ2) is 7.13. The number of nitrogens with one attached hydrogen (secondary N) is 2. The van der Waals surface area contributed by atoms with E-state index in [2.05, 4.69) is 51.7 Å². The molecule has 0 aliphatic heterocycles. The van der Waals surface area contributed by atoms with E-state index in [1.165, 1.54) is 35.8 Å². The number of aromatic nitrogens is 1. The summed E-state index contributed by atoms with van der Waals surface area (Å²) in [5, 5.41) is 4.96. The standard InChI is InChI=1S/C22H23N3/c1-23-18-9-10-22-20(14-18)21(15-25-22)17-7-8-19(13-17)24-12-11-16-5-3-2-4-6-16/h2-6,9-10,14-15,17,19,24-25H,7-8,11-13H2. The van der Waals surface area contributed by atoms with Crippen LogP contribution >= 0.6 is 0 Å². The van der Waals surface area contributed by atoms with Crippen molar-refractivity contribution in [3.63, 3.8) is 0 Å². The normalized spacial score (nSPS) is 20.0. The Morgan fingerprint density at radius 1 is 1.12 bits per heavy atom. The molecule has 1 saturated carbocycles. The van der Waals surface area contributed by atoms with Crippen LogP contribution in [0.2, 0.25) is 0 Å². The van der Waals surface area contributed by atoms with E-state index in [1.807, 2.05) is 18.2 Å². The van der Waals surface area contributed by atoms with Crippen molar-refractivity contribution in [1.29, 1.82) is 0 Å². The highest BCUT2D eigenvalue weighted by atomic mass is 14.9. The van der Waals surface area contributed by atoms with Gasteiger partial charge < -0.3 is 10.3 Å². The maximum Gasteiger partial charge on any atom is 0.187 e. The smallest absolute Gasteiger partial charge is 0.187 e. The van der Waals surface area contributed by atoms with Crippen LogP contribution in [-0.4, -0.2) is 17.6 Å². The number of hydrogen-bond acceptors (Lipinski definition) is 1. The molecule has 1 heterocycles. The largest absolute Gasteiger partial charge is 0.361 e. The van der Waals surface area contributed by atoms with Gasteiger partial charge in [-0.3, -0.25) is 0 Å². The first kappa shape index (κ1) is 15.9. The highest BCUT2D eigenvalue weighted by molar-refractivity contribution is 5.87. The van der Waals surface area contributed by atoms with Gasteiger partial charge in [-0.1, -0.05) is 36.4 Å². The number of nitrogens with zero attached hydrogens (tertiary/aromatic N) is 1. The van der Waals surface area contributed by atoms with Crippen LogP contribution in [0.3, 0.4) is 0 Å². The lowest BCUT2D eigenvalue weighted by Gasteiger charge is -2.13. The fourth-order valence-electron chi connectivity index (χ4n) is 4.05. The molecule has 2 aromatic carbocycles. The molecule has 3 nitrogen and oxygen atoms in total. The monoisotopic (exact) mass is 329 g/mol. The van der Waals surface area contributed by atoms with E-state index < -0.39 is 0 Å². The first-order chi connectivity index (χ1) is 12.3. The van der Waals surface area contributed by atoms with E-state index in [0.29, 0.717) is 12.0 Å². The molecule has 2 unspecified atom stereocenters. The van der Waals surface area contributed by atoms with Crippen LogP contribution < -0.4 is 5.32 Å². The predicted molar refractivity (Wildman–Crippen MR) is 103 cm³/mol. The summed E-state index contributed by atoms with van der Waals surface area (Å²) in [6.45, 7) is 8.27. The Hall–Kier alpha value is -2.57. The van der Waals surface area contributed by atoms with Gasteiger partial charge in [0.2, 0.25) is 0 Å². The van der Waals surface area contributed by atoms with Crippen LogP contribution in [0.15, 0.2) is 54.7 Å². The molecule has 4 rings (SSSR count). The Morgan fingerprint density at radius 3 is 2.84 bits per heavy atom. The van der Waals surface area contributed by atoms with Crippen LogP contribution in [0.25, 0.3) is 15.7 Å². The Morgan fingerprint density at radius 2 is 2.00 bits per heavy atom. The third-order valence-electron chi connectivity index (χ3n) is 5.39. The molecule has 1 aliphatic carbocycles. The lowest BCUT2D eigenvalue weighted by Crippen LogP contribution is -2.28. The molecule has 0 radical (unpaired) electrons. The average Bonchev–Trinajstić information content (AvgIpc) is 3.28. The van der Waals surface area contributed by atoms with Crippen molar-refractivity contribution in [2.24, 2.45) is 0 Å². The zero-order chi connectivity index (χ0) is 17.1. The molecular weight excluding hydrogens is 306 g/mol. The molecule has 1 aliphatic rings.